The molecule has 3 rings (SSSR count). The van der Waals surface area contributed by atoms with Crippen LogP contribution in [0, 0.1) is 5.92 Å². The zero-order valence-corrected chi connectivity index (χ0v) is 17.6. The second kappa shape index (κ2) is 8.74. The third-order valence-electron chi connectivity index (χ3n) is 6.06. The number of benzene rings is 1. The third-order valence-corrected chi connectivity index (χ3v) is 7.96. The summed E-state index contributed by atoms with van der Waals surface area (Å²) in [6.45, 7) is 5.06. The van der Waals surface area contributed by atoms with Crippen LogP contribution in [-0.2, 0) is 14.8 Å². The summed E-state index contributed by atoms with van der Waals surface area (Å²) in [5.74, 6) is -0.0577. The molecule has 0 saturated carbocycles. The Labute approximate surface area is 167 Å². The lowest BCUT2D eigenvalue weighted by Crippen LogP contribution is -2.49. The second-order valence-corrected chi connectivity index (χ2v) is 9.79. The van der Waals surface area contributed by atoms with Crippen LogP contribution in [0.2, 0.25) is 0 Å². The van der Waals surface area contributed by atoms with Crippen LogP contribution < -0.4 is 0 Å². The molecule has 0 aromatic heterocycles. The molecule has 1 atom stereocenters. The second-order valence-electron chi connectivity index (χ2n) is 7.85. The Morgan fingerprint density at radius 1 is 1.07 bits per heavy atom. The number of sulfonamides is 1. The fraction of sp³-hybridized carbons (Fsp3) is 0.619. The lowest BCUT2D eigenvalue weighted by molar-refractivity contribution is -0.140. The van der Waals surface area contributed by atoms with Crippen molar-refractivity contribution in [3.8, 4) is 0 Å². The van der Waals surface area contributed by atoms with Gasteiger partial charge < -0.3 is 4.90 Å². The van der Waals surface area contributed by atoms with Crippen molar-refractivity contribution in [3.05, 3.63) is 29.8 Å². The van der Waals surface area contributed by atoms with Crippen LogP contribution in [0.5, 0.6) is 0 Å². The molecule has 2 fully saturated rings. The van der Waals surface area contributed by atoms with Gasteiger partial charge in [-0.05, 0) is 57.6 Å². The summed E-state index contributed by atoms with van der Waals surface area (Å²) >= 11 is 0. The Morgan fingerprint density at radius 3 is 2.43 bits per heavy atom. The molecule has 7 heteroatoms. The first kappa shape index (κ1) is 21.0. The maximum absolute atomic E-state index is 13.0. The quantitative estimate of drug-likeness (QED) is 0.704. The lowest BCUT2D eigenvalue weighted by Gasteiger charge is -2.39. The standard InChI is InChI=1S/C21H30N2O4S/c1-3-19-8-4-5-12-23(19)21(25)17-10-13-22(14-11-17)28(26,27)20-9-6-7-18(15-20)16(2)24/h6-7,9,15,17,19H,3-5,8,10-14H2,1-2H3. The van der Waals surface area contributed by atoms with E-state index in [2.05, 4.69) is 6.92 Å². The van der Waals surface area contributed by atoms with E-state index in [9.17, 15) is 18.0 Å². The highest BCUT2D eigenvalue weighted by Gasteiger charge is 2.36. The smallest absolute Gasteiger partial charge is 0.243 e. The van der Waals surface area contributed by atoms with Crippen LogP contribution in [0.4, 0.5) is 0 Å². The van der Waals surface area contributed by atoms with Gasteiger partial charge in [0.1, 0.15) is 0 Å². The molecule has 2 aliphatic heterocycles. The predicted octanol–water partition coefficient (Wildman–Crippen LogP) is 3.08. The van der Waals surface area contributed by atoms with Gasteiger partial charge >= 0.3 is 0 Å². The summed E-state index contributed by atoms with van der Waals surface area (Å²) < 4.78 is 27.4. The monoisotopic (exact) mass is 406 g/mol. The van der Waals surface area contributed by atoms with E-state index in [-0.39, 0.29) is 22.5 Å². The number of carbonyl (C=O) groups excluding carboxylic acids is 2. The molecule has 0 aliphatic carbocycles. The van der Waals surface area contributed by atoms with Gasteiger partial charge in [-0.2, -0.15) is 4.31 Å². The van der Waals surface area contributed by atoms with Crippen molar-refractivity contribution in [2.24, 2.45) is 5.92 Å². The number of piperidine rings is 2. The van der Waals surface area contributed by atoms with E-state index in [1.165, 1.54) is 29.8 Å². The molecule has 0 bridgehead atoms. The fourth-order valence-corrected chi connectivity index (χ4v) is 5.83. The van der Waals surface area contributed by atoms with Gasteiger partial charge in [-0.1, -0.05) is 19.1 Å². The van der Waals surface area contributed by atoms with E-state index in [0.717, 1.165) is 25.8 Å². The number of nitrogens with zero attached hydrogens (tertiary/aromatic N) is 2. The Morgan fingerprint density at radius 2 is 1.79 bits per heavy atom. The highest BCUT2D eigenvalue weighted by molar-refractivity contribution is 7.89. The van der Waals surface area contributed by atoms with Gasteiger partial charge in [0.2, 0.25) is 15.9 Å². The van der Waals surface area contributed by atoms with Gasteiger partial charge in [0.15, 0.2) is 5.78 Å². The minimum atomic E-state index is -3.65. The third kappa shape index (κ3) is 4.30. The van der Waals surface area contributed by atoms with Gasteiger partial charge in [0.25, 0.3) is 0 Å². The largest absolute Gasteiger partial charge is 0.339 e. The van der Waals surface area contributed by atoms with Gasteiger partial charge in [0, 0.05) is 37.2 Å². The van der Waals surface area contributed by atoms with Crippen molar-refractivity contribution < 1.29 is 18.0 Å². The van der Waals surface area contributed by atoms with Crippen molar-refractivity contribution in [2.75, 3.05) is 19.6 Å². The number of ketones is 1. The summed E-state index contributed by atoms with van der Waals surface area (Å²) in [4.78, 5) is 26.7. The van der Waals surface area contributed by atoms with Crippen molar-refractivity contribution in [3.63, 3.8) is 0 Å². The summed E-state index contributed by atoms with van der Waals surface area (Å²) in [7, 11) is -3.65. The van der Waals surface area contributed by atoms with E-state index in [1.54, 1.807) is 12.1 Å². The fourth-order valence-electron chi connectivity index (χ4n) is 4.32. The molecule has 2 heterocycles. The number of carbonyl (C=O) groups is 2. The van der Waals surface area contributed by atoms with Crippen molar-refractivity contribution in [2.45, 2.75) is 63.3 Å². The number of rotatable bonds is 5. The summed E-state index contributed by atoms with van der Waals surface area (Å²) in [6, 6.07) is 6.51. The first-order chi connectivity index (χ1) is 13.3. The van der Waals surface area contributed by atoms with E-state index < -0.39 is 10.0 Å². The highest BCUT2D eigenvalue weighted by Crippen LogP contribution is 2.28. The molecule has 154 valence electrons. The van der Waals surface area contributed by atoms with Crippen molar-refractivity contribution >= 4 is 21.7 Å². The van der Waals surface area contributed by atoms with Gasteiger partial charge in [-0.3, -0.25) is 9.59 Å². The average Bonchev–Trinajstić information content (AvgIpc) is 2.73. The van der Waals surface area contributed by atoms with Gasteiger partial charge in [-0.25, -0.2) is 8.42 Å². The van der Waals surface area contributed by atoms with Crippen LogP contribution in [0.25, 0.3) is 0 Å². The number of Topliss-reactive ketones (excluding diaryl/α,β-unsaturated/α-hetero) is 1. The molecule has 0 N–H and O–H groups in total. The molecule has 6 nitrogen and oxygen atoms in total. The molecule has 2 saturated heterocycles. The molecule has 1 aromatic rings. The van der Waals surface area contributed by atoms with E-state index in [1.807, 2.05) is 4.90 Å². The Hall–Kier alpha value is -1.73. The normalized spacial score (nSPS) is 22.2. The number of likely N-dealkylation sites (tertiary alicyclic amines) is 1. The average molecular weight is 407 g/mol. The van der Waals surface area contributed by atoms with Crippen LogP contribution in [0.3, 0.4) is 0 Å². The number of amides is 1. The van der Waals surface area contributed by atoms with Crippen molar-refractivity contribution in [1.82, 2.24) is 9.21 Å². The lowest BCUT2D eigenvalue weighted by atomic mass is 9.92. The Balaban J connectivity index is 1.67. The minimum absolute atomic E-state index is 0.0952. The number of hydrogen-bond donors (Lipinski definition) is 0. The van der Waals surface area contributed by atoms with Crippen LogP contribution >= 0.6 is 0 Å². The molecule has 2 aliphatic rings. The molecule has 0 spiro atoms. The summed E-state index contributed by atoms with van der Waals surface area (Å²) in [6.07, 6.45) is 5.39. The molecular weight excluding hydrogens is 376 g/mol. The molecule has 28 heavy (non-hydrogen) atoms. The first-order valence-corrected chi connectivity index (χ1v) is 11.7. The highest BCUT2D eigenvalue weighted by atomic mass is 32.2. The predicted molar refractivity (Wildman–Crippen MR) is 108 cm³/mol. The molecule has 1 aromatic carbocycles. The van der Waals surface area contributed by atoms with Crippen molar-refractivity contribution in [1.29, 1.82) is 0 Å². The van der Waals surface area contributed by atoms with Crippen LogP contribution in [0.1, 0.15) is 62.7 Å². The minimum Gasteiger partial charge on any atom is -0.339 e. The summed E-state index contributed by atoms with van der Waals surface area (Å²) in [5.41, 5.74) is 0.391. The Bertz CT molecular complexity index is 829. The van der Waals surface area contributed by atoms with E-state index in [0.29, 0.717) is 37.5 Å². The Kier molecular flexibility index (Phi) is 6.55. The van der Waals surface area contributed by atoms with Gasteiger partial charge in [-0.15, -0.1) is 0 Å². The maximum atomic E-state index is 13.0. The molecule has 1 amide bonds. The van der Waals surface area contributed by atoms with E-state index in [4.69, 9.17) is 0 Å². The summed E-state index contributed by atoms with van der Waals surface area (Å²) in [5, 5.41) is 0. The molecule has 0 radical (unpaired) electrons. The zero-order chi connectivity index (χ0) is 20.3. The van der Waals surface area contributed by atoms with Gasteiger partial charge in [0.05, 0.1) is 4.90 Å². The topological polar surface area (TPSA) is 74.8 Å². The maximum Gasteiger partial charge on any atom is 0.243 e. The van der Waals surface area contributed by atoms with Crippen LogP contribution in [-0.4, -0.2) is 55.0 Å². The molecule has 1 unspecified atom stereocenters. The first-order valence-electron chi connectivity index (χ1n) is 10.3. The van der Waals surface area contributed by atoms with E-state index >= 15 is 0 Å². The molecular formula is C21H30N2O4S. The van der Waals surface area contributed by atoms with Crippen LogP contribution in [0.15, 0.2) is 29.2 Å². The SMILES string of the molecule is CCC1CCCCN1C(=O)C1CCN(S(=O)(=O)c2cccc(C(C)=O)c2)CC1. The zero-order valence-electron chi connectivity index (χ0n) is 16.8. The number of hydrogen-bond acceptors (Lipinski definition) is 4.